The molecule has 1 aliphatic rings. The summed E-state index contributed by atoms with van der Waals surface area (Å²) in [6.07, 6.45) is 3.47. The number of sulfonamides is 1. The summed E-state index contributed by atoms with van der Waals surface area (Å²) in [5, 5.41) is 8.47. The van der Waals surface area contributed by atoms with Crippen LogP contribution in [0.4, 0.5) is 0 Å². The molecule has 0 aliphatic carbocycles. The maximum absolute atomic E-state index is 11.7. The summed E-state index contributed by atoms with van der Waals surface area (Å²) in [4.78, 5) is 0. The van der Waals surface area contributed by atoms with Crippen molar-refractivity contribution in [1.82, 2.24) is 4.31 Å². The molecule has 1 atom stereocenters. The topological polar surface area (TPSA) is 87.2 Å². The first kappa shape index (κ1) is 12.4. The van der Waals surface area contributed by atoms with Crippen LogP contribution in [0, 0.1) is 11.3 Å². The van der Waals surface area contributed by atoms with E-state index < -0.39 is 15.8 Å². The van der Waals surface area contributed by atoms with Gasteiger partial charge in [0.1, 0.15) is 0 Å². The van der Waals surface area contributed by atoms with E-state index in [1.54, 1.807) is 6.07 Å². The van der Waals surface area contributed by atoms with Gasteiger partial charge in [0.15, 0.2) is 5.75 Å². The highest BCUT2D eigenvalue weighted by atomic mass is 32.2. The van der Waals surface area contributed by atoms with Gasteiger partial charge in [-0.15, -0.1) is 0 Å². The van der Waals surface area contributed by atoms with Crippen molar-refractivity contribution in [3.63, 3.8) is 0 Å². The zero-order chi connectivity index (χ0) is 11.3. The number of hydrogen-bond donors (Lipinski definition) is 1. The van der Waals surface area contributed by atoms with Crippen molar-refractivity contribution in [3.8, 4) is 6.07 Å². The van der Waals surface area contributed by atoms with Crippen LogP contribution in [0.2, 0.25) is 0 Å². The normalized spacial score (nSPS) is 23.6. The van der Waals surface area contributed by atoms with Crippen molar-refractivity contribution in [3.05, 3.63) is 0 Å². The highest BCUT2D eigenvalue weighted by Crippen LogP contribution is 2.22. The molecule has 15 heavy (non-hydrogen) atoms. The van der Waals surface area contributed by atoms with Crippen LogP contribution < -0.4 is 5.73 Å². The first-order chi connectivity index (χ1) is 7.11. The van der Waals surface area contributed by atoms with Gasteiger partial charge < -0.3 is 5.73 Å². The van der Waals surface area contributed by atoms with Crippen molar-refractivity contribution in [1.29, 1.82) is 5.26 Å². The van der Waals surface area contributed by atoms with Crippen LogP contribution in [0.5, 0.6) is 0 Å². The molecule has 0 aromatic heterocycles. The van der Waals surface area contributed by atoms with E-state index in [0.29, 0.717) is 19.5 Å². The molecule has 0 saturated carbocycles. The zero-order valence-electron chi connectivity index (χ0n) is 8.72. The Balaban J connectivity index is 2.76. The number of nitriles is 1. The molecule has 0 aromatic carbocycles. The van der Waals surface area contributed by atoms with Crippen LogP contribution in [0.25, 0.3) is 0 Å². The van der Waals surface area contributed by atoms with E-state index in [1.165, 1.54) is 4.31 Å². The van der Waals surface area contributed by atoms with Crippen LogP contribution in [0.3, 0.4) is 0 Å². The van der Waals surface area contributed by atoms with Crippen LogP contribution in [-0.2, 0) is 10.0 Å². The molecule has 0 aromatic rings. The van der Waals surface area contributed by atoms with E-state index in [-0.39, 0.29) is 6.04 Å². The molecule has 1 saturated heterocycles. The minimum absolute atomic E-state index is 0.00194. The predicted molar refractivity (Wildman–Crippen MR) is 57.4 cm³/mol. The minimum Gasteiger partial charge on any atom is -0.330 e. The van der Waals surface area contributed by atoms with Gasteiger partial charge in [0, 0.05) is 12.6 Å². The third-order valence-corrected chi connectivity index (χ3v) is 4.37. The Labute approximate surface area is 90.9 Å². The van der Waals surface area contributed by atoms with Crippen molar-refractivity contribution in [2.75, 3.05) is 18.8 Å². The molecule has 0 bridgehead atoms. The molecule has 1 rings (SSSR count). The molecule has 1 heterocycles. The Kier molecular flexibility index (Phi) is 4.51. The molecule has 2 N–H and O–H groups in total. The molecular weight excluding hydrogens is 214 g/mol. The molecule has 1 aliphatic heterocycles. The van der Waals surface area contributed by atoms with Gasteiger partial charge in [0.05, 0.1) is 6.07 Å². The van der Waals surface area contributed by atoms with Gasteiger partial charge in [0.25, 0.3) is 0 Å². The summed E-state index contributed by atoms with van der Waals surface area (Å²) < 4.78 is 24.9. The summed E-state index contributed by atoms with van der Waals surface area (Å²) in [7, 11) is -3.39. The lowest BCUT2D eigenvalue weighted by molar-refractivity contribution is 0.244. The third-order valence-electron chi connectivity index (χ3n) is 2.68. The van der Waals surface area contributed by atoms with E-state index in [0.717, 1.165) is 19.3 Å². The van der Waals surface area contributed by atoms with Gasteiger partial charge in [-0.05, 0) is 25.8 Å². The zero-order valence-corrected chi connectivity index (χ0v) is 9.54. The number of nitrogens with zero attached hydrogens (tertiary/aromatic N) is 2. The Morgan fingerprint density at radius 2 is 2.20 bits per heavy atom. The highest BCUT2D eigenvalue weighted by molar-refractivity contribution is 7.89. The quantitative estimate of drug-likeness (QED) is 0.740. The fraction of sp³-hybridized carbons (Fsp3) is 0.889. The number of rotatable bonds is 4. The maximum atomic E-state index is 11.7. The monoisotopic (exact) mass is 231 g/mol. The SMILES string of the molecule is N#CCS(=O)(=O)N1CCCCC1CCN. The van der Waals surface area contributed by atoms with Gasteiger partial charge >= 0.3 is 0 Å². The van der Waals surface area contributed by atoms with E-state index in [9.17, 15) is 8.42 Å². The van der Waals surface area contributed by atoms with Crippen molar-refractivity contribution in [2.45, 2.75) is 31.7 Å². The Bertz CT molecular complexity index is 332. The summed E-state index contributed by atoms with van der Waals surface area (Å²) in [5.74, 6) is -0.423. The minimum atomic E-state index is -3.39. The van der Waals surface area contributed by atoms with Crippen molar-refractivity contribution < 1.29 is 8.42 Å². The average Bonchev–Trinajstić information content (AvgIpc) is 2.19. The number of piperidine rings is 1. The van der Waals surface area contributed by atoms with Gasteiger partial charge in [-0.25, -0.2) is 8.42 Å². The standard InChI is InChI=1S/C9H17N3O2S/c10-5-4-9-3-1-2-7-12(9)15(13,14)8-6-11/h9H,1-5,7-8,10H2. The number of hydrogen-bond acceptors (Lipinski definition) is 4. The van der Waals surface area contributed by atoms with Gasteiger partial charge in [-0.1, -0.05) is 6.42 Å². The second-order valence-electron chi connectivity index (χ2n) is 3.75. The Morgan fingerprint density at radius 3 is 2.80 bits per heavy atom. The third kappa shape index (κ3) is 3.16. The second-order valence-corrected chi connectivity index (χ2v) is 5.67. The maximum Gasteiger partial charge on any atom is 0.227 e. The lowest BCUT2D eigenvalue weighted by atomic mass is 10.0. The van der Waals surface area contributed by atoms with Gasteiger partial charge in [-0.3, -0.25) is 0 Å². The second kappa shape index (κ2) is 5.45. The lowest BCUT2D eigenvalue weighted by Crippen LogP contribution is -2.45. The molecule has 0 radical (unpaired) electrons. The van der Waals surface area contributed by atoms with E-state index >= 15 is 0 Å². The molecule has 1 fully saturated rings. The fourth-order valence-electron chi connectivity index (χ4n) is 1.99. The molecular formula is C9H17N3O2S. The fourth-order valence-corrected chi connectivity index (χ4v) is 3.39. The van der Waals surface area contributed by atoms with Crippen molar-refractivity contribution in [2.24, 2.45) is 5.73 Å². The van der Waals surface area contributed by atoms with E-state index in [4.69, 9.17) is 11.0 Å². The molecule has 5 nitrogen and oxygen atoms in total. The molecule has 1 unspecified atom stereocenters. The first-order valence-electron chi connectivity index (χ1n) is 5.18. The average molecular weight is 231 g/mol. The van der Waals surface area contributed by atoms with Gasteiger partial charge in [-0.2, -0.15) is 9.57 Å². The molecule has 86 valence electrons. The molecule has 0 spiro atoms. The molecule has 6 heteroatoms. The summed E-state index contributed by atoms with van der Waals surface area (Å²) in [5.41, 5.74) is 5.45. The molecule has 0 amide bonds. The summed E-state index contributed by atoms with van der Waals surface area (Å²) in [6, 6.07) is 1.71. The summed E-state index contributed by atoms with van der Waals surface area (Å²) in [6.45, 7) is 1.03. The predicted octanol–water partition coefficient (Wildman–Crippen LogP) is 0.0431. The van der Waals surface area contributed by atoms with Crippen LogP contribution in [0.15, 0.2) is 0 Å². The van der Waals surface area contributed by atoms with Crippen LogP contribution in [0.1, 0.15) is 25.7 Å². The Morgan fingerprint density at radius 1 is 1.47 bits per heavy atom. The smallest absolute Gasteiger partial charge is 0.227 e. The van der Waals surface area contributed by atoms with Crippen molar-refractivity contribution >= 4 is 10.0 Å². The lowest BCUT2D eigenvalue weighted by Gasteiger charge is -2.33. The number of nitrogens with two attached hydrogens (primary N) is 1. The first-order valence-corrected chi connectivity index (χ1v) is 6.79. The highest BCUT2D eigenvalue weighted by Gasteiger charge is 2.31. The van der Waals surface area contributed by atoms with Crippen LogP contribution >= 0.6 is 0 Å². The van der Waals surface area contributed by atoms with E-state index in [2.05, 4.69) is 0 Å². The Hall–Kier alpha value is -0.640. The summed E-state index contributed by atoms with van der Waals surface area (Å²) >= 11 is 0. The van der Waals surface area contributed by atoms with Gasteiger partial charge in [0.2, 0.25) is 10.0 Å². The van der Waals surface area contributed by atoms with Crippen LogP contribution in [-0.4, -0.2) is 37.6 Å². The largest absolute Gasteiger partial charge is 0.330 e. The van der Waals surface area contributed by atoms with E-state index in [1.807, 2.05) is 0 Å².